The van der Waals surface area contributed by atoms with Crippen LogP contribution in [-0.4, -0.2) is 36.8 Å². The number of imidazole rings is 1. The van der Waals surface area contributed by atoms with Crippen LogP contribution in [0.2, 0.25) is 0 Å². The monoisotopic (exact) mass is 372 g/mol. The molecular formula is C18H18N3O4S+. The van der Waals surface area contributed by atoms with Crippen molar-refractivity contribution >= 4 is 40.4 Å². The molecule has 134 valence electrons. The van der Waals surface area contributed by atoms with E-state index in [1.54, 1.807) is 31.4 Å². The molecule has 0 unspecified atom stereocenters. The van der Waals surface area contributed by atoms with E-state index in [0.29, 0.717) is 11.3 Å². The predicted octanol–water partition coefficient (Wildman–Crippen LogP) is 2.51. The summed E-state index contributed by atoms with van der Waals surface area (Å²) in [5.41, 5.74) is 2.56. The average Bonchev–Trinajstić information content (AvgIpc) is 3.08. The summed E-state index contributed by atoms with van der Waals surface area (Å²) < 4.78 is 9.92. The fourth-order valence-corrected chi connectivity index (χ4v) is 3.13. The smallest absolute Gasteiger partial charge is 0.339 e. The van der Waals surface area contributed by atoms with Gasteiger partial charge in [0.2, 0.25) is 5.91 Å². The fraction of sp³-hybridized carbons (Fsp3) is 0.167. The van der Waals surface area contributed by atoms with E-state index in [1.165, 1.54) is 18.9 Å². The Labute approximate surface area is 154 Å². The lowest BCUT2D eigenvalue weighted by Gasteiger charge is -2.08. The lowest BCUT2D eigenvalue weighted by Crippen LogP contribution is -2.17. The molecule has 1 aromatic heterocycles. The van der Waals surface area contributed by atoms with Crippen LogP contribution in [0.1, 0.15) is 10.4 Å². The maximum atomic E-state index is 12.2. The highest BCUT2D eigenvalue weighted by Gasteiger charge is 2.16. The number of H-pyrrole nitrogens is 2. The summed E-state index contributed by atoms with van der Waals surface area (Å²) in [6.45, 7) is 0. The molecule has 0 spiro atoms. The van der Waals surface area contributed by atoms with Gasteiger partial charge in [0, 0.05) is 6.07 Å². The summed E-state index contributed by atoms with van der Waals surface area (Å²) in [5, 5.41) is 3.49. The normalized spacial score (nSPS) is 10.5. The second-order valence-electron chi connectivity index (χ2n) is 5.36. The standard InChI is InChI=1S/C18H17N3O4S/c1-24-11-7-8-14-15(9-11)21-18(20-14)26-10-16(22)19-13-6-4-3-5-12(13)17(23)25-2/h3-9H,10H2,1-2H3,(H,19,22)(H,20,21)/p+1. The molecule has 1 heterocycles. The summed E-state index contributed by atoms with van der Waals surface area (Å²) >= 11 is 1.33. The number of carbonyl (C=O) groups is 2. The Balaban J connectivity index is 1.65. The van der Waals surface area contributed by atoms with E-state index in [2.05, 4.69) is 15.3 Å². The third kappa shape index (κ3) is 3.97. The van der Waals surface area contributed by atoms with Crippen molar-refractivity contribution in [3.05, 3.63) is 48.0 Å². The summed E-state index contributed by atoms with van der Waals surface area (Å²) in [5.74, 6) is 0.208. The van der Waals surface area contributed by atoms with E-state index in [-0.39, 0.29) is 11.7 Å². The first-order chi connectivity index (χ1) is 12.6. The number of esters is 1. The Morgan fingerprint density at radius 2 is 2.00 bits per heavy atom. The highest BCUT2D eigenvalue weighted by molar-refractivity contribution is 7.99. The zero-order valence-electron chi connectivity index (χ0n) is 14.3. The van der Waals surface area contributed by atoms with Crippen molar-refractivity contribution < 1.29 is 24.0 Å². The third-order valence-electron chi connectivity index (χ3n) is 3.68. The molecule has 3 rings (SSSR count). The van der Waals surface area contributed by atoms with Crippen molar-refractivity contribution in [1.29, 1.82) is 0 Å². The Morgan fingerprint density at radius 3 is 2.77 bits per heavy atom. The van der Waals surface area contributed by atoms with Crippen LogP contribution in [-0.2, 0) is 9.53 Å². The number of rotatable bonds is 6. The van der Waals surface area contributed by atoms with Gasteiger partial charge in [-0.1, -0.05) is 12.1 Å². The quantitative estimate of drug-likeness (QED) is 0.512. The molecule has 0 atom stereocenters. The molecule has 8 heteroatoms. The molecule has 0 aliphatic carbocycles. The van der Waals surface area contributed by atoms with Gasteiger partial charge in [-0.2, -0.15) is 0 Å². The topological polar surface area (TPSA) is 94.6 Å². The molecule has 3 N–H and O–H groups in total. The minimum absolute atomic E-state index is 0.177. The third-order valence-corrected chi connectivity index (χ3v) is 4.58. The lowest BCUT2D eigenvalue weighted by atomic mass is 10.2. The summed E-state index contributed by atoms with van der Waals surface area (Å²) in [4.78, 5) is 30.4. The highest BCUT2D eigenvalue weighted by atomic mass is 32.2. The van der Waals surface area contributed by atoms with E-state index >= 15 is 0 Å². The van der Waals surface area contributed by atoms with Gasteiger partial charge in [-0.3, -0.25) is 4.79 Å². The molecule has 3 aromatic rings. The number of thioether (sulfide) groups is 1. The SMILES string of the molecule is COC(=O)c1ccccc1NC(=O)CSc1[nH]c2cc(OC)ccc2[nH+]1. The van der Waals surface area contributed by atoms with Crippen LogP contribution in [0.25, 0.3) is 11.0 Å². The average molecular weight is 372 g/mol. The number of ether oxygens (including phenoxy) is 2. The number of para-hydroxylation sites is 1. The molecule has 0 aliphatic heterocycles. The molecule has 2 aromatic carbocycles. The molecule has 7 nitrogen and oxygen atoms in total. The Morgan fingerprint density at radius 1 is 1.19 bits per heavy atom. The van der Waals surface area contributed by atoms with Gasteiger partial charge in [0.05, 0.1) is 31.2 Å². The van der Waals surface area contributed by atoms with Crippen molar-refractivity contribution in [2.45, 2.75) is 5.16 Å². The lowest BCUT2D eigenvalue weighted by molar-refractivity contribution is -0.396. The maximum Gasteiger partial charge on any atom is 0.339 e. The number of fused-ring (bicyclic) bond motifs is 1. The summed E-state index contributed by atoms with van der Waals surface area (Å²) in [6.07, 6.45) is 0. The van der Waals surface area contributed by atoms with E-state index < -0.39 is 5.97 Å². The van der Waals surface area contributed by atoms with Crippen molar-refractivity contribution in [2.75, 3.05) is 25.3 Å². The van der Waals surface area contributed by atoms with Crippen molar-refractivity contribution in [2.24, 2.45) is 0 Å². The number of aromatic nitrogens is 2. The minimum Gasteiger partial charge on any atom is -0.497 e. The molecule has 0 radical (unpaired) electrons. The van der Waals surface area contributed by atoms with Crippen molar-refractivity contribution in [3.8, 4) is 5.75 Å². The Hall–Kier alpha value is -3.00. The van der Waals surface area contributed by atoms with E-state index in [4.69, 9.17) is 9.47 Å². The van der Waals surface area contributed by atoms with Gasteiger partial charge in [-0.05, 0) is 36.0 Å². The van der Waals surface area contributed by atoms with Gasteiger partial charge in [0.1, 0.15) is 5.75 Å². The zero-order valence-corrected chi connectivity index (χ0v) is 15.1. The number of methoxy groups -OCH3 is 2. The highest BCUT2D eigenvalue weighted by Crippen LogP contribution is 2.21. The van der Waals surface area contributed by atoms with Crippen LogP contribution in [0.15, 0.2) is 47.6 Å². The summed E-state index contributed by atoms with van der Waals surface area (Å²) in [6, 6.07) is 12.4. The number of benzene rings is 2. The fourth-order valence-electron chi connectivity index (χ4n) is 2.41. The maximum absolute atomic E-state index is 12.2. The van der Waals surface area contributed by atoms with Crippen molar-refractivity contribution in [3.63, 3.8) is 0 Å². The molecule has 0 saturated heterocycles. The number of hydrogen-bond donors (Lipinski definition) is 2. The molecule has 0 aliphatic rings. The number of anilines is 1. The van der Waals surface area contributed by atoms with E-state index in [0.717, 1.165) is 21.9 Å². The van der Waals surface area contributed by atoms with E-state index in [9.17, 15) is 9.59 Å². The zero-order chi connectivity index (χ0) is 18.5. The number of nitrogens with one attached hydrogen (secondary N) is 3. The van der Waals surface area contributed by atoms with Gasteiger partial charge in [0.15, 0.2) is 11.0 Å². The molecular weight excluding hydrogens is 354 g/mol. The first-order valence-electron chi connectivity index (χ1n) is 7.79. The number of carbonyl (C=O) groups excluding carboxylic acids is 2. The first-order valence-corrected chi connectivity index (χ1v) is 8.78. The molecule has 0 fully saturated rings. The second kappa shape index (κ2) is 7.92. The van der Waals surface area contributed by atoms with Crippen LogP contribution in [0.3, 0.4) is 0 Å². The van der Waals surface area contributed by atoms with Crippen LogP contribution < -0.4 is 15.0 Å². The van der Waals surface area contributed by atoms with Crippen molar-refractivity contribution in [1.82, 2.24) is 4.98 Å². The molecule has 0 saturated carbocycles. The largest absolute Gasteiger partial charge is 0.497 e. The van der Waals surface area contributed by atoms with Gasteiger partial charge >= 0.3 is 11.1 Å². The van der Waals surface area contributed by atoms with E-state index in [1.807, 2.05) is 18.2 Å². The van der Waals surface area contributed by atoms with Gasteiger partial charge in [-0.15, -0.1) is 0 Å². The number of amides is 1. The van der Waals surface area contributed by atoms with Gasteiger partial charge in [0.25, 0.3) is 0 Å². The molecule has 26 heavy (non-hydrogen) atoms. The number of hydrogen-bond acceptors (Lipinski definition) is 5. The second-order valence-corrected chi connectivity index (χ2v) is 6.35. The Bertz CT molecular complexity index is 955. The van der Waals surface area contributed by atoms with Crippen LogP contribution in [0, 0.1) is 0 Å². The molecule has 1 amide bonds. The Kier molecular flexibility index (Phi) is 5.43. The van der Waals surface area contributed by atoms with Gasteiger partial charge < -0.3 is 14.8 Å². The predicted molar refractivity (Wildman–Crippen MR) is 98.5 cm³/mol. The number of aromatic amines is 2. The molecule has 0 bridgehead atoms. The van der Waals surface area contributed by atoms with Gasteiger partial charge in [-0.25, -0.2) is 14.8 Å². The first kappa shape index (κ1) is 17.8. The van der Waals surface area contributed by atoms with Crippen LogP contribution in [0.5, 0.6) is 5.75 Å². The van der Waals surface area contributed by atoms with Crippen LogP contribution >= 0.6 is 11.8 Å². The summed E-state index contributed by atoms with van der Waals surface area (Å²) in [7, 11) is 2.91. The minimum atomic E-state index is -0.494. The van der Waals surface area contributed by atoms with Crippen LogP contribution in [0.4, 0.5) is 5.69 Å².